The first-order valence-electron chi connectivity index (χ1n) is 12.0. The monoisotopic (exact) mass is 425 g/mol. The Bertz CT molecular complexity index is 919. The standard InChI is InChI=1S/C25H35N3O3/c1-24-10-7-17(28-30-12-9-18-15-27-23(14-26)31-18)13-16(24)3-4-19-20-5-6-22(29)25(20,2)11-8-21(19)24/h13,15,19-21H,3-12,14,26H2,1-2H3/t19?,20?,21?,24-,25-/m0/s1. The van der Waals surface area contributed by atoms with Gasteiger partial charge in [0.25, 0.3) is 0 Å². The number of ketones is 1. The zero-order valence-electron chi connectivity index (χ0n) is 18.9. The van der Waals surface area contributed by atoms with Crippen molar-refractivity contribution in [2.75, 3.05) is 6.61 Å². The van der Waals surface area contributed by atoms with Gasteiger partial charge in [0.2, 0.25) is 5.89 Å². The van der Waals surface area contributed by atoms with Gasteiger partial charge in [-0.3, -0.25) is 4.79 Å². The number of aromatic nitrogens is 1. The lowest BCUT2D eigenvalue weighted by Gasteiger charge is -2.57. The normalized spacial score (nSPS) is 38.4. The maximum atomic E-state index is 12.6. The molecule has 1 aromatic heterocycles. The topological polar surface area (TPSA) is 90.7 Å². The molecule has 0 bridgehead atoms. The van der Waals surface area contributed by atoms with Crippen LogP contribution >= 0.6 is 0 Å². The molecule has 5 rings (SSSR count). The van der Waals surface area contributed by atoms with Crippen molar-refractivity contribution >= 4 is 11.5 Å². The zero-order valence-corrected chi connectivity index (χ0v) is 18.9. The number of oxazole rings is 1. The quantitative estimate of drug-likeness (QED) is 0.551. The molecule has 0 saturated heterocycles. The van der Waals surface area contributed by atoms with E-state index in [4.69, 9.17) is 15.0 Å². The lowest BCUT2D eigenvalue weighted by atomic mass is 9.47. The number of oxime groups is 1. The van der Waals surface area contributed by atoms with Crippen LogP contribution in [0.1, 0.15) is 76.9 Å². The number of nitrogens with two attached hydrogens (primary N) is 1. The summed E-state index contributed by atoms with van der Waals surface area (Å²) in [6.07, 6.45) is 13.3. The Morgan fingerprint density at radius 1 is 1.16 bits per heavy atom. The molecule has 1 heterocycles. The van der Waals surface area contributed by atoms with Crippen molar-refractivity contribution in [3.63, 3.8) is 0 Å². The third-order valence-corrected chi connectivity index (χ3v) is 9.08. The Balaban J connectivity index is 1.24. The van der Waals surface area contributed by atoms with E-state index in [1.165, 1.54) is 12.8 Å². The van der Waals surface area contributed by atoms with Crippen LogP contribution in [0.25, 0.3) is 0 Å². The second kappa shape index (κ2) is 7.88. The fourth-order valence-electron chi connectivity index (χ4n) is 7.25. The van der Waals surface area contributed by atoms with Crippen molar-refractivity contribution in [1.29, 1.82) is 0 Å². The number of hydrogen-bond acceptors (Lipinski definition) is 6. The van der Waals surface area contributed by atoms with Crippen LogP contribution in [0.4, 0.5) is 0 Å². The number of hydrogen-bond donors (Lipinski definition) is 1. The molecule has 168 valence electrons. The van der Waals surface area contributed by atoms with Crippen LogP contribution in [0.3, 0.4) is 0 Å². The van der Waals surface area contributed by atoms with Crippen LogP contribution in [0.2, 0.25) is 0 Å². The van der Waals surface area contributed by atoms with Crippen LogP contribution in [-0.2, 0) is 22.6 Å². The zero-order chi connectivity index (χ0) is 21.6. The highest BCUT2D eigenvalue weighted by Crippen LogP contribution is 2.64. The molecular weight excluding hydrogens is 390 g/mol. The van der Waals surface area contributed by atoms with E-state index in [-0.39, 0.29) is 10.8 Å². The van der Waals surface area contributed by atoms with Crippen molar-refractivity contribution in [2.45, 2.75) is 78.2 Å². The average molecular weight is 426 g/mol. The summed E-state index contributed by atoms with van der Waals surface area (Å²) < 4.78 is 5.51. The molecule has 1 aromatic rings. The highest BCUT2D eigenvalue weighted by atomic mass is 16.6. The summed E-state index contributed by atoms with van der Waals surface area (Å²) in [5.41, 5.74) is 8.36. The average Bonchev–Trinajstić information content (AvgIpc) is 3.35. The van der Waals surface area contributed by atoms with Crippen molar-refractivity contribution in [2.24, 2.45) is 39.5 Å². The van der Waals surface area contributed by atoms with Gasteiger partial charge in [0.1, 0.15) is 18.2 Å². The van der Waals surface area contributed by atoms with Gasteiger partial charge >= 0.3 is 0 Å². The largest absolute Gasteiger partial charge is 0.444 e. The van der Waals surface area contributed by atoms with Gasteiger partial charge in [-0.1, -0.05) is 24.6 Å². The van der Waals surface area contributed by atoms with Crippen molar-refractivity contribution in [3.05, 3.63) is 29.5 Å². The fraction of sp³-hybridized carbons (Fsp3) is 0.720. The van der Waals surface area contributed by atoms with E-state index in [0.29, 0.717) is 49.0 Å². The minimum Gasteiger partial charge on any atom is -0.444 e. The second-order valence-electron chi connectivity index (χ2n) is 10.5. The predicted molar refractivity (Wildman–Crippen MR) is 118 cm³/mol. The second-order valence-corrected chi connectivity index (χ2v) is 10.5. The number of nitrogens with zero attached hydrogens (tertiary/aromatic N) is 2. The molecule has 31 heavy (non-hydrogen) atoms. The fourth-order valence-corrected chi connectivity index (χ4v) is 7.25. The summed E-state index contributed by atoms with van der Waals surface area (Å²) in [6.45, 7) is 5.52. The molecule has 6 nitrogen and oxygen atoms in total. The molecule has 0 radical (unpaired) electrons. The van der Waals surface area contributed by atoms with Crippen LogP contribution < -0.4 is 5.73 Å². The Morgan fingerprint density at radius 3 is 2.81 bits per heavy atom. The SMILES string of the molecule is C[C@]12CCC(=NOCCc3cnc(CN)o3)C=C1CCC1C2CC[C@]2(C)C(=O)CCC12. The summed E-state index contributed by atoms with van der Waals surface area (Å²) in [5.74, 6) is 3.89. The minimum atomic E-state index is -0.0394. The number of carbonyl (C=O) groups is 1. The van der Waals surface area contributed by atoms with Gasteiger partial charge < -0.3 is 15.0 Å². The van der Waals surface area contributed by atoms with Crippen LogP contribution in [0, 0.1) is 28.6 Å². The molecule has 5 atom stereocenters. The summed E-state index contributed by atoms with van der Waals surface area (Å²) >= 11 is 0. The first kappa shape index (κ1) is 20.9. The molecule has 2 N–H and O–H groups in total. The van der Waals surface area contributed by atoms with Gasteiger partial charge in [-0.05, 0) is 74.2 Å². The number of Topliss-reactive ketones (excluding diaryl/α,β-unsaturated/α-hetero) is 1. The van der Waals surface area contributed by atoms with Crippen LogP contribution in [0.15, 0.2) is 27.4 Å². The maximum absolute atomic E-state index is 12.6. The van der Waals surface area contributed by atoms with Gasteiger partial charge in [-0.2, -0.15) is 0 Å². The number of carbonyl (C=O) groups excluding carboxylic acids is 1. The van der Waals surface area contributed by atoms with Crippen LogP contribution in [-0.4, -0.2) is 23.1 Å². The lowest BCUT2D eigenvalue weighted by molar-refractivity contribution is -0.132. The first-order chi connectivity index (χ1) is 14.9. The minimum absolute atomic E-state index is 0.0394. The van der Waals surface area contributed by atoms with E-state index in [1.807, 2.05) is 0 Å². The molecule has 6 heteroatoms. The lowest BCUT2D eigenvalue weighted by Crippen LogP contribution is -2.50. The van der Waals surface area contributed by atoms with E-state index in [0.717, 1.165) is 50.0 Å². The Labute approximate surface area is 184 Å². The van der Waals surface area contributed by atoms with Gasteiger partial charge in [0, 0.05) is 18.3 Å². The summed E-state index contributed by atoms with van der Waals surface area (Å²) in [6, 6.07) is 0. The highest BCUT2D eigenvalue weighted by Gasteiger charge is 2.58. The Hall–Kier alpha value is -1.95. The third kappa shape index (κ3) is 3.47. The van der Waals surface area contributed by atoms with Crippen molar-refractivity contribution in [3.8, 4) is 0 Å². The smallest absolute Gasteiger partial charge is 0.208 e. The molecular formula is C25H35N3O3. The number of fused-ring (bicyclic) bond motifs is 5. The molecule has 0 spiro atoms. The molecule has 4 aliphatic carbocycles. The van der Waals surface area contributed by atoms with Crippen molar-refractivity contribution in [1.82, 2.24) is 4.98 Å². The predicted octanol–water partition coefficient (Wildman–Crippen LogP) is 4.58. The molecule has 0 amide bonds. The van der Waals surface area contributed by atoms with Gasteiger partial charge in [-0.25, -0.2) is 4.98 Å². The van der Waals surface area contributed by atoms with Crippen LogP contribution in [0.5, 0.6) is 0 Å². The molecule has 0 aromatic carbocycles. The first-order valence-corrected chi connectivity index (χ1v) is 12.0. The summed E-state index contributed by atoms with van der Waals surface area (Å²) in [4.78, 5) is 22.3. The van der Waals surface area contributed by atoms with Gasteiger partial charge in [0.05, 0.1) is 18.5 Å². The maximum Gasteiger partial charge on any atom is 0.208 e. The van der Waals surface area contributed by atoms with E-state index in [9.17, 15) is 4.79 Å². The Kier molecular flexibility index (Phi) is 5.32. The van der Waals surface area contributed by atoms with E-state index >= 15 is 0 Å². The van der Waals surface area contributed by atoms with Crippen molar-refractivity contribution < 1.29 is 14.0 Å². The molecule has 3 fully saturated rings. The molecule has 4 aliphatic rings. The van der Waals surface area contributed by atoms with E-state index < -0.39 is 0 Å². The third-order valence-electron chi connectivity index (χ3n) is 9.08. The summed E-state index contributed by atoms with van der Waals surface area (Å²) in [7, 11) is 0. The van der Waals surface area contributed by atoms with Gasteiger partial charge in [-0.15, -0.1) is 0 Å². The summed E-state index contributed by atoms with van der Waals surface area (Å²) in [5, 5.41) is 4.43. The Morgan fingerprint density at radius 2 is 2.00 bits per heavy atom. The van der Waals surface area contributed by atoms with E-state index in [1.54, 1.807) is 11.8 Å². The molecule has 0 aliphatic heterocycles. The van der Waals surface area contributed by atoms with E-state index in [2.05, 4.69) is 30.1 Å². The molecule has 3 saturated carbocycles. The number of allylic oxidation sites excluding steroid dienone is 2. The van der Waals surface area contributed by atoms with Gasteiger partial charge in [0.15, 0.2) is 0 Å². The molecule has 3 unspecified atom stereocenters. The highest BCUT2D eigenvalue weighted by molar-refractivity contribution is 5.96. The number of rotatable bonds is 5.